The van der Waals surface area contributed by atoms with Crippen LogP contribution in [0.1, 0.15) is 18.2 Å². The van der Waals surface area contributed by atoms with Gasteiger partial charge in [-0.1, -0.05) is 23.9 Å². The van der Waals surface area contributed by atoms with Crippen LogP contribution in [-0.2, 0) is 21.7 Å². The van der Waals surface area contributed by atoms with Gasteiger partial charge in [0, 0.05) is 20.0 Å². The minimum Gasteiger partial charge on any atom is -0.486 e. The first-order valence-corrected chi connectivity index (χ1v) is 12.5. The Balaban J connectivity index is 1.30. The first kappa shape index (κ1) is 21.0. The molecular formula is C19H24N4O5S2. The van der Waals surface area contributed by atoms with Gasteiger partial charge in [-0.25, -0.2) is 8.42 Å². The smallest absolute Gasteiger partial charge is 0.232 e. The maximum absolute atomic E-state index is 12.6. The highest BCUT2D eigenvalue weighted by Gasteiger charge is 2.32. The van der Waals surface area contributed by atoms with Crippen molar-refractivity contribution in [1.82, 2.24) is 19.7 Å². The molecule has 1 saturated heterocycles. The van der Waals surface area contributed by atoms with E-state index in [-0.39, 0.29) is 35.2 Å². The first-order valence-electron chi connectivity index (χ1n) is 9.67. The lowest BCUT2D eigenvalue weighted by molar-refractivity contribution is -0.128. The summed E-state index contributed by atoms with van der Waals surface area (Å²) in [5.74, 6) is 2.37. The SMILES string of the molecule is CN(C[C@@H]1COc2ccccc2O1)C(=O)CSc1nnc([C@@H]2CCS(=O)(=O)C2)n1C. The zero-order chi connectivity index (χ0) is 21.3. The summed E-state index contributed by atoms with van der Waals surface area (Å²) >= 11 is 1.29. The molecule has 0 radical (unpaired) electrons. The Morgan fingerprint density at radius 1 is 1.30 bits per heavy atom. The van der Waals surface area contributed by atoms with Crippen molar-refractivity contribution in [3.05, 3.63) is 30.1 Å². The standard InChI is InChI=1S/C19H24N4O5S2/c1-22(9-14-10-27-15-5-3-4-6-16(15)28-14)17(24)11-29-19-21-20-18(23(19)2)13-7-8-30(25,26)12-13/h3-6,13-14H,7-12H2,1-2H3/t13-,14-/m1/s1. The van der Waals surface area contributed by atoms with Crippen molar-refractivity contribution < 1.29 is 22.7 Å². The Bertz CT molecular complexity index is 1040. The summed E-state index contributed by atoms with van der Waals surface area (Å²) in [5, 5.41) is 8.91. The molecule has 0 aliphatic carbocycles. The second-order valence-corrected chi connectivity index (χ2v) is 10.7. The molecule has 30 heavy (non-hydrogen) atoms. The first-order chi connectivity index (χ1) is 14.3. The van der Waals surface area contributed by atoms with Gasteiger partial charge >= 0.3 is 0 Å². The average Bonchev–Trinajstić information content (AvgIpc) is 3.27. The van der Waals surface area contributed by atoms with Crippen molar-refractivity contribution in [3.8, 4) is 11.5 Å². The van der Waals surface area contributed by atoms with Crippen molar-refractivity contribution in [2.45, 2.75) is 23.6 Å². The zero-order valence-corrected chi connectivity index (χ0v) is 18.5. The summed E-state index contributed by atoms with van der Waals surface area (Å²) in [7, 11) is 0.550. The van der Waals surface area contributed by atoms with Gasteiger partial charge < -0.3 is 18.9 Å². The third-order valence-corrected chi connectivity index (χ3v) is 8.03. The Hall–Kier alpha value is -2.27. The van der Waals surface area contributed by atoms with Crippen molar-refractivity contribution >= 4 is 27.5 Å². The summed E-state index contributed by atoms with van der Waals surface area (Å²) in [4.78, 5) is 14.2. The predicted molar refractivity (Wildman–Crippen MR) is 112 cm³/mol. The van der Waals surface area contributed by atoms with Crippen molar-refractivity contribution in [1.29, 1.82) is 0 Å². The number of likely N-dealkylation sites (N-methyl/N-ethyl adjacent to an activating group) is 1. The number of rotatable bonds is 6. The van der Waals surface area contributed by atoms with Crippen LogP contribution in [0, 0.1) is 0 Å². The van der Waals surface area contributed by atoms with E-state index in [2.05, 4.69) is 10.2 Å². The van der Waals surface area contributed by atoms with Crippen LogP contribution in [0.4, 0.5) is 0 Å². The monoisotopic (exact) mass is 452 g/mol. The van der Waals surface area contributed by atoms with Crippen LogP contribution in [0.5, 0.6) is 11.5 Å². The lowest BCUT2D eigenvalue weighted by atomic mass is 10.1. The molecule has 2 aliphatic rings. The molecule has 0 unspecified atom stereocenters. The molecule has 4 rings (SSSR count). The van der Waals surface area contributed by atoms with Gasteiger partial charge in [-0.15, -0.1) is 10.2 Å². The number of carbonyl (C=O) groups is 1. The molecule has 162 valence electrons. The normalized spacial score (nSPS) is 22.1. The van der Waals surface area contributed by atoms with E-state index in [1.54, 1.807) is 23.6 Å². The summed E-state index contributed by atoms with van der Waals surface area (Å²) in [6.07, 6.45) is 0.331. The number of para-hydroxylation sites is 2. The number of hydrogen-bond acceptors (Lipinski definition) is 8. The molecule has 1 aromatic heterocycles. The fourth-order valence-electron chi connectivity index (χ4n) is 3.60. The number of carbonyl (C=O) groups excluding carboxylic acids is 1. The Labute approximate surface area is 179 Å². The van der Waals surface area contributed by atoms with E-state index in [0.717, 1.165) is 0 Å². The van der Waals surface area contributed by atoms with Crippen LogP contribution in [-0.4, -0.2) is 77.6 Å². The molecule has 2 atom stereocenters. The lowest BCUT2D eigenvalue weighted by Gasteiger charge is -2.29. The molecule has 11 heteroatoms. The molecule has 3 heterocycles. The Morgan fingerprint density at radius 3 is 2.80 bits per heavy atom. The molecule has 9 nitrogen and oxygen atoms in total. The Kier molecular flexibility index (Phi) is 5.92. The fraction of sp³-hybridized carbons (Fsp3) is 0.526. The highest BCUT2D eigenvalue weighted by molar-refractivity contribution is 7.99. The summed E-state index contributed by atoms with van der Waals surface area (Å²) in [5.41, 5.74) is 0. The summed E-state index contributed by atoms with van der Waals surface area (Å²) in [6, 6.07) is 7.47. The van der Waals surface area contributed by atoms with E-state index in [9.17, 15) is 13.2 Å². The van der Waals surface area contributed by atoms with Crippen LogP contribution in [0.2, 0.25) is 0 Å². The van der Waals surface area contributed by atoms with E-state index >= 15 is 0 Å². The van der Waals surface area contributed by atoms with E-state index in [1.807, 2.05) is 24.3 Å². The highest BCUT2D eigenvalue weighted by atomic mass is 32.2. The van der Waals surface area contributed by atoms with E-state index < -0.39 is 9.84 Å². The van der Waals surface area contributed by atoms with Crippen LogP contribution < -0.4 is 9.47 Å². The molecule has 0 saturated carbocycles. The van der Waals surface area contributed by atoms with Gasteiger partial charge in [0.1, 0.15) is 12.4 Å². The van der Waals surface area contributed by atoms with Gasteiger partial charge in [-0.2, -0.15) is 0 Å². The zero-order valence-electron chi connectivity index (χ0n) is 16.9. The number of sulfone groups is 1. The quantitative estimate of drug-likeness (QED) is 0.601. The van der Waals surface area contributed by atoms with Gasteiger partial charge in [0.2, 0.25) is 5.91 Å². The summed E-state index contributed by atoms with van der Waals surface area (Å²) in [6.45, 7) is 0.802. The fourth-order valence-corrected chi connectivity index (χ4v) is 6.20. The molecule has 1 fully saturated rings. The van der Waals surface area contributed by atoms with Crippen LogP contribution in [0.15, 0.2) is 29.4 Å². The largest absolute Gasteiger partial charge is 0.486 e. The second kappa shape index (κ2) is 8.46. The third kappa shape index (κ3) is 4.56. The molecule has 0 spiro atoms. The number of amides is 1. The maximum Gasteiger partial charge on any atom is 0.232 e. The van der Waals surface area contributed by atoms with Crippen LogP contribution in [0.25, 0.3) is 0 Å². The van der Waals surface area contributed by atoms with E-state index in [0.29, 0.717) is 42.1 Å². The lowest BCUT2D eigenvalue weighted by Crippen LogP contribution is -2.42. The van der Waals surface area contributed by atoms with Crippen LogP contribution >= 0.6 is 11.8 Å². The minimum absolute atomic E-state index is 0.0598. The number of ether oxygens (including phenoxy) is 2. The molecule has 0 bridgehead atoms. The number of aromatic nitrogens is 3. The van der Waals surface area contributed by atoms with E-state index in [1.165, 1.54) is 11.8 Å². The number of hydrogen-bond donors (Lipinski definition) is 0. The van der Waals surface area contributed by atoms with Gasteiger partial charge in [0.25, 0.3) is 0 Å². The van der Waals surface area contributed by atoms with Crippen molar-refractivity contribution in [2.75, 3.05) is 37.5 Å². The second-order valence-electron chi connectivity index (χ2n) is 7.56. The topological polar surface area (TPSA) is 104 Å². The van der Waals surface area contributed by atoms with Gasteiger partial charge in [0.15, 0.2) is 32.6 Å². The van der Waals surface area contributed by atoms with Gasteiger partial charge in [-0.05, 0) is 18.6 Å². The number of nitrogens with zero attached hydrogens (tertiary/aromatic N) is 4. The molecule has 2 aromatic rings. The number of benzene rings is 1. The third-order valence-electron chi connectivity index (χ3n) is 5.26. The minimum atomic E-state index is -2.99. The molecule has 1 amide bonds. The highest BCUT2D eigenvalue weighted by Crippen LogP contribution is 2.31. The molecule has 0 N–H and O–H groups in total. The van der Waals surface area contributed by atoms with E-state index in [4.69, 9.17) is 9.47 Å². The van der Waals surface area contributed by atoms with Gasteiger partial charge in [0.05, 0.1) is 23.8 Å². The maximum atomic E-state index is 12.6. The number of thioether (sulfide) groups is 1. The Morgan fingerprint density at radius 2 is 2.07 bits per heavy atom. The van der Waals surface area contributed by atoms with Crippen molar-refractivity contribution in [3.63, 3.8) is 0 Å². The number of fused-ring (bicyclic) bond motifs is 1. The van der Waals surface area contributed by atoms with Crippen LogP contribution in [0.3, 0.4) is 0 Å². The average molecular weight is 453 g/mol. The van der Waals surface area contributed by atoms with Crippen molar-refractivity contribution in [2.24, 2.45) is 7.05 Å². The summed E-state index contributed by atoms with van der Waals surface area (Å²) < 4.78 is 36.8. The molecule has 1 aromatic carbocycles. The molecular weight excluding hydrogens is 428 g/mol. The molecule has 2 aliphatic heterocycles. The predicted octanol–water partition coefficient (Wildman–Crippen LogP) is 1.11. The van der Waals surface area contributed by atoms with Gasteiger partial charge in [-0.3, -0.25) is 4.79 Å².